The lowest BCUT2D eigenvalue weighted by molar-refractivity contribution is -0.138. The number of amidine groups is 1. The summed E-state index contributed by atoms with van der Waals surface area (Å²) in [7, 11) is 0. The van der Waals surface area contributed by atoms with Gasteiger partial charge in [0.25, 0.3) is 0 Å². The molecular formula is C13H11F2N3O3S. The van der Waals surface area contributed by atoms with Crippen LogP contribution in [0.15, 0.2) is 22.3 Å². The normalized spacial score (nSPS) is 19.9. The Hall–Kier alpha value is -2.29. The predicted octanol–water partition coefficient (Wildman–Crippen LogP) is 1.67. The number of hydrogen-bond acceptors (Lipinski definition) is 5. The number of carboxylic acid groups (broad SMARTS) is 1. The van der Waals surface area contributed by atoms with Crippen LogP contribution in [0.5, 0.6) is 0 Å². The molecule has 0 bridgehead atoms. The van der Waals surface area contributed by atoms with Gasteiger partial charge < -0.3 is 10.4 Å². The van der Waals surface area contributed by atoms with Crippen LogP contribution in [-0.2, 0) is 9.59 Å². The SMILES string of the molecule is Cc1c(F)cc(F)cc1C=NN=C1NC(=O)C(CC(=O)O)S1. The molecule has 1 aliphatic rings. The zero-order valence-corrected chi connectivity index (χ0v) is 12.2. The van der Waals surface area contributed by atoms with Crippen molar-refractivity contribution in [1.82, 2.24) is 5.32 Å². The Balaban J connectivity index is 2.09. The van der Waals surface area contributed by atoms with Crippen molar-refractivity contribution in [2.45, 2.75) is 18.6 Å². The quantitative estimate of drug-likeness (QED) is 0.650. The average Bonchev–Trinajstić information content (AvgIpc) is 2.75. The summed E-state index contributed by atoms with van der Waals surface area (Å²) in [6, 6.07) is 1.87. The second-order valence-corrected chi connectivity index (χ2v) is 5.64. The van der Waals surface area contributed by atoms with Crippen LogP contribution in [0.25, 0.3) is 0 Å². The number of benzene rings is 1. The van der Waals surface area contributed by atoms with Gasteiger partial charge in [0.15, 0.2) is 5.17 Å². The number of halogens is 2. The summed E-state index contributed by atoms with van der Waals surface area (Å²) in [6.45, 7) is 1.47. The van der Waals surface area contributed by atoms with E-state index < -0.39 is 28.8 Å². The molecule has 1 heterocycles. The third-order valence-corrected chi connectivity index (χ3v) is 3.90. The molecule has 0 aromatic heterocycles. The van der Waals surface area contributed by atoms with Crippen LogP contribution in [0.3, 0.4) is 0 Å². The fourth-order valence-corrected chi connectivity index (χ4v) is 2.60. The smallest absolute Gasteiger partial charge is 0.305 e. The van der Waals surface area contributed by atoms with Crippen LogP contribution in [0, 0.1) is 18.6 Å². The first-order valence-corrected chi connectivity index (χ1v) is 7.00. The molecule has 0 aliphatic carbocycles. The van der Waals surface area contributed by atoms with E-state index in [9.17, 15) is 18.4 Å². The van der Waals surface area contributed by atoms with Gasteiger partial charge in [0.1, 0.15) is 16.9 Å². The molecule has 2 N–H and O–H groups in total. The maximum absolute atomic E-state index is 13.3. The second kappa shape index (κ2) is 6.65. The van der Waals surface area contributed by atoms with Crippen molar-refractivity contribution in [3.8, 4) is 0 Å². The van der Waals surface area contributed by atoms with Gasteiger partial charge in [0, 0.05) is 11.6 Å². The third kappa shape index (κ3) is 3.88. The Kier molecular flexibility index (Phi) is 4.86. The van der Waals surface area contributed by atoms with E-state index in [1.807, 2.05) is 0 Å². The van der Waals surface area contributed by atoms with E-state index in [0.29, 0.717) is 0 Å². The molecule has 1 aromatic rings. The summed E-state index contributed by atoms with van der Waals surface area (Å²) >= 11 is 0.939. The van der Waals surface area contributed by atoms with Gasteiger partial charge in [-0.2, -0.15) is 5.10 Å². The predicted molar refractivity (Wildman–Crippen MR) is 77.9 cm³/mol. The van der Waals surface area contributed by atoms with Crippen LogP contribution in [0.4, 0.5) is 8.78 Å². The van der Waals surface area contributed by atoms with Gasteiger partial charge >= 0.3 is 5.97 Å². The minimum Gasteiger partial charge on any atom is -0.481 e. The summed E-state index contributed by atoms with van der Waals surface area (Å²) < 4.78 is 26.4. The highest BCUT2D eigenvalue weighted by Crippen LogP contribution is 2.22. The lowest BCUT2D eigenvalue weighted by atomic mass is 10.1. The highest BCUT2D eigenvalue weighted by Gasteiger charge is 2.32. The van der Waals surface area contributed by atoms with E-state index in [2.05, 4.69) is 15.5 Å². The number of nitrogens with zero attached hydrogens (tertiary/aromatic N) is 2. The highest BCUT2D eigenvalue weighted by atomic mass is 32.2. The van der Waals surface area contributed by atoms with Crippen LogP contribution >= 0.6 is 11.8 Å². The zero-order valence-electron chi connectivity index (χ0n) is 11.3. The fourth-order valence-electron chi connectivity index (χ4n) is 1.69. The standard InChI is InChI=1S/C13H11F2N3O3S/c1-6-7(2-8(14)3-9(6)15)5-16-18-13-17-12(21)10(22-13)4-11(19)20/h2-3,5,10H,4H2,1H3,(H,19,20)(H,17,18,21). The first kappa shape index (κ1) is 16.1. The zero-order chi connectivity index (χ0) is 16.3. The minimum atomic E-state index is -1.09. The van der Waals surface area contributed by atoms with Gasteiger partial charge in [-0.15, -0.1) is 5.10 Å². The van der Waals surface area contributed by atoms with Gasteiger partial charge in [-0.25, -0.2) is 8.78 Å². The number of hydrogen-bond donors (Lipinski definition) is 2. The van der Waals surface area contributed by atoms with E-state index >= 15 is 0 Å². The van der Waals surface area contributed by atoms with Crippen molar-refractivity contribution in [2.24, 2.45) is 10.2 Å². The highest BCUT2D eigenvalue weighted by molar-refractivity contribution is 8.15. The Labute approximate surface area is 128 Å². The maximum Gasteiger partial charge on any atom is 0.305 e. The molecule has 9 heteroatoms. The summed E-state index contributed by atoms with van der Waals surface area (Å²) in [5, 5.41) is 17.8. The number of rotatable bonds is 4. The molecule has 1 aliphatic heterocycles. The van der Waals surface area contributed by atoms with Gasteiger partial charge in [0.2, 0.25) is 5.91 Å². The minimum absolute atomic E-state index is 0.141. The number of nitrogens with one attached hydrogen (secondary N) is 1. The summed E-state index contributed by atoms with van der Waals surface area (Å²) in [5.74, 6) is -2.99. The Bertz CT molecular complexity index is 691. The Morgan fingerprint density at radius 2 is 2.23 bits per heavy atom. The average molecular weight is 327 g/mol. The molecule has 0 spiro atoms. The van der Waals surface area contributed by atoms with Gasteiger partial charge in [-0.1, -0.05) is 11.8 Å². The van der Waals surface area contributed by atoms with Crippen molar-refractivity contribution >= 4 is 35.0 Å². The van der Waals surface area contributed by atoms with Crippen LogP contribution in [-0.4, -0.2) is 33.6 Å². The van der Waals surface area contributed by atoms with Gasteiger partial charge in [-0.05, 0) is 18.6 Å². The molecule has 2 rings (SSSR count). The van der Waals surface area contributed by atoms with Crippen molar-refractivity contribution in [2.75, 3.05) is 0 Å². The van der Waals surface area contributed by atoms with Gasteiger partial charge in [0.05, 0.1) is 12.6 Å². The topological polar surface area (TPSA) is 91.1 Å². The van der Waals surface area contributed by atoms with Crippen LogP contribution in [0.2, 0.25) is 0 Å². The van der Waals surface area contributed by atoms with E-state index in [0.717, 1.165) is 30.1 Å². The number of aliphatic carboxylic acids is 1. The molecule has 116 valence electrons. The number of carbonyl (C=O) groups excluding carboxylic acids is 1. The lowest BCUT2D eigenvalue weighted by Crippen LogP contribution is -2.26. The molecule has 1 saturated heterocycles. The number of thioether (sulfide) groups is 1. The molecule has 1 atom stereocenters. The second-order valence-electron chi connectivity index (χ2n) is 4.45. The number of carbonyl (C=O) groups is 2. The van der Waals surface area contributed by atoms with E-state index in [1.54, 1.807) is 0 Å². The number of amides is 1. The van der Waals surface area contributed by atoms with Crippen LogP contribution < -0.4 is 5.32 Å². The molecule has 6 nitrogen and oxygen atoms in total. The van der Waals surface area contributed by atoms with Crippen LogP contribution in [0.1, 0.15) is 17.5 Å². The largest absolute Gasteiger partial charge is 0.481 e. The number of carboxylic acids is 1. The Morgan fingerprint density at radius 3 is 2.91 bits per heavy atom. The van der Waals surface area contributed by atoms with Crippen molar-refractivity contribution < 1.29 is 23.5 Å². The van der Waals surface area contributed by atoms with Crippen molar-refractivity contribution in [1.29, 1.82) is 0 Å². The van der Waals surface area contributed by atoms with E-state index in [-0.39, 0.29) is 22.7 Å². The van der Waals surface area contributed by atoms with E-state index in [4.69, 9.17) is 5.11 Å². The third-order valence-electron chi connectivity index (χ3n) is 2.83. The summed E-state index contributed by atoms with van der Waals surface area (Å²) in [5.41, 5.74) is 0.440. The van der Waals surface area contributed by atoms with Crippen molar-refractivity contribution in [3.05, 3.63) is 34.9 Å². The molecule has 0 radical (unpaired) electrons. The fraction of sp³-hybridized carbons (Fsp3) is 0.231. The molecule has 22 heavy (non-hydrogen) atoms. The molecule has 1 fully saturated rings. The molecule has 0 saturated carbocycles. The molecule has 1 unspecified atom stereocenters. The maximum atomic E-state index is 13.3. The summed E-state index contributed by atoms with van der Waals surface area (Å²) in [6.07, 6.45) is 0.833. The molecule has 1 amide bonds. The van der Waals surface area contributed by atoms with Gasteiger partial charge in [-0.3, -0.25) is 9.59 Å². The first-order chi connectivity index (χ1) is 10.4. The van der Waals surface area contributed by atoms with E-state index in [1.165, 1.54) is 6.92 Å². The summed E-state index contributed by atoms with van der Waals surface area (Å²) in [4.78, 5) is 22.0. The Morgan fingerprint density at radius 1 is 1.50 bits per heavy atom. The first-order valence-electron chi connectivity index (χ1n) is 6.13. The molecular weight excluding hydrogens is 316 g/mol. The monoisotopic (exact) mass is 327 g/mol. The lowest BCUT2D eigenvalue weighted by Gasteiger charge is -2.00. The van der Waals surface area contributed by atoms with Crippen molar-refractivity contribution in [3.63, 3.8) is 0 Å². The molecule has 1 aromatic carbocycles.